The smallest absolute Gasteiger partial charge is 0.272 e. The Morgan fingerprint density at radius 3 is 3.19 bits per heavy atom. The van der Waals surface area contributed by atoms with Crippen molar-refractivity contribution in [3.8, 4) is 0 Å². The highest BCUT2D eigenvalue weighted by Gasteiger charge is 2.09. The van der Waals surface area contributed by atoms with Gasteiger partial charge in [0.2, 0.25) is 0 Å². The molecule has 1 heterocycles. The zero-order valence-corrected chi connectivity index (χ0v) is 9.80. The van der Waals surface area contributed by atoms with Gasteiger partial charge in [-0.25, -0.2) is 4.98 Å². The van der Waals surface area contributed by atoms with Crippen molar-refractivity contribution in [2.75, 3.05) is 23.8 Å². The van der Waals surface area contributed by atoms with Crippen molar-refractivity contribution < 1.29 is 4.79 Å². The first kappa shape index (κ1) is 12.6. The summed E-state index contributed by atoms with van der Waals surface area (Å²) in [7, 11) is 0. The second-order valence-corrected chi connectivity index (χ2v) is 4.21. The Bertz CT molecular complexity index is 368. The highest BCUT2D eigenvalue weighted by atomic mass is 32.2. The van der Waals surface area contributed by atoms with Gasteiger partial charge in [-0.3, -0.25) is 4.79 Å². The number of anilines is 1. The third kappa shape index (κ3) is 3.94. The van der Waals surface area contributed by atoms with Gasteiger partial charge in [-0.2, -0.15) is 11.8 Å². The van der Waals surface area contributed by atoms with Crippen molar-refractivity contribution in [2.45, 2.75) is 0 Å². The largest absolute Gasteiger partial charge is 0.397 e. The fourth-order valence-electron chi connectivity index (χ4n) is 1.09. The van der Waals surface area contributed by atoms with Crippen molar-refractivity contribution in [3.05, 3.63) is 36.7 Å². The average molecular weight is 237 g/mol. The number of hydrogen-bond acceptors (Lipinski definition) is 4. The molecule has 1 rings (SSSR count). The lowest BCUT2D eigenvalue weighted by Gasteiger charge is -2.05. The van der Waals surface area contributed by atoms with Crippen LogP contribution < -0.4 is 11.1 Å². The summed E-state index contributed by atoms with van der Waals surface area (Å²) in [5.74, 6) is 1.52. The summed E-state index contributed by atoms with van der Waals surface area (Å²) in [6, 6.07) is 3.36. The Labute approximate surface area is 99.3 Å². The second kappa shape index (κ2) is 6.90. The fourth-order valence-corrected chi connectivity index (χ4v) is 1.67. The number of nitrogens with one attached hydrogen (secondary N) is 1. The first-order chi connectivity index (χ1) is 7.75. The molecule has 1 aromatic rings. The van der Waals surface area contributed by atoms with Crippen LogP contribution in [0, 0.1) is 0 Å². The highest BCUT2D eigenvalue weighted by Crippen LogP contribution is 2.06. The highest BCUT2D eigenvalue weighted by molar-refractivity contribution is 7.99. The van der Waals surface area contributed by atoms with Gasteiger partial charge in [0.25, 0.3) is 5.91 Å². The quantitative estimate of drug-likeness (QED) is 0.578. The molecule has 86 valence electrons. The zero-order valence-electron chi connectivity index (χ0n) is 8.98. The van der Waals surface area contributed by atoms with Crippen LogP contribution in [-0.4, -0.2) is 28.9 Å². The van der Waals surface area contributed by atoms with E-state index in [9.17, 15) is 4.79 Å². The number of carbonyl (C=O) groups excluding carboxylic acids is 1. The van der Waals surface area contributed by atoms with Gasteiger partial charge >= 0.3 is 0 Å². The molecule has 0 aliphatic rings. The molecule has 0 aliphatic carbocycles. The van der Waals surface area contributed by atoms with E-state index in [1.165, 1.54) is 0 Å². The molecule has 5 heteroatoms. The molecular formula is C11H15N3OS. The lowest BCUT2D eigenvalue weighted by Crippen LogP contribution is -2.27. The van der Waals surface area contributed by atoms with Gasteiger partial charge in [0.1, 0.15) is 0 Å². The second-order valence-electron chi connectivity index (χ2n) is 3.06. The van der Waals surface area contributed by atoms with Crippen molar-refractivity contribution >= 4 is 23.4 Å². The van der Waals surface area contributed by atoms with Crippen LogP contribution in [0.2, 0.25) is 0 Å². The Morgan fingerprint density at radius 2 is 2.50 bits per heavy atom. The summed E-state index contributed by atoms with van der Waals surface area (Å²) in [6.07, 6.45) is 3.39. The molecule has 16 heavy (non-hydrogen) atoms. The predicted molar refractivity (Wildman–Crippen MR) is 68.5 cm³/mol. The van der Waals surface area contributed by atoms with Crippen LogP contribution in [0.4, 0.5) is 5.69 Å². The van der Waals surface area contributed by atoms with E-state index in [0.717, 1.165) is 11.5 Å². The molecule has 1 amide bonds. The summed E-state index contributed by atoms with van der Waals surface area (Å²) in [5.41, 5.74) is 6.32. The lowest BCUT2D eigenvalue weighted by atomic mass is 10.3. The Balaban J connectivity index is 2.36. The lowest BCUT2D eigenvalue weighted by molar-refractivity contribution is 0.0952. The number of nitrogens with two attached hydrogens (primary N) is 1. The summed E-state index contributed by atoms with van der Waals surface area (Å²) >= 11 is 1.71. The molecule has 0 spiro atoms. The minimum absolute atomic E-state index is 0.225. The van der Waals surface area contributed by atoms with Crippen LogP contribution in [0.15, 0.2) is 31.0 Å². The summed E-state index contributed by atoms with van der Waals surface area (Å²) in [5, 5.41) is 2.76. The van der Waals surface area contributed by atoms with E-state index < -0.39 is 0 Å². The average Bonchev–Trinajstić information content (AvgIpc) is 2.29. The molecule has 4 nitrogen and oxygen atoms in total. The van der Waals surface area contributed by atoms with Gasteiger partial charge < -0.3 is 11.1 Å². The van der Waals surface area contributed by atoms with Crippen molar-refractivity contribution in [3.63, 3.8) is 0 Å². The standard InChI is InChI=1S/C11H15N3OS/c1-2-7-16-8-6-14-11(15)10-9(12)4-3-5-13-10/h2-5H,1,6-8,12H2,(H,14,15). The van der Waals surface area contributed by atoms with E-state index in [2.05, 4.69) is 16.9 Å². The number of carbonyl (C=O) groups is 1. The normalized spacial score (nSPS) is 9.75. The van der Waals surface area contributed by atoms with Crippen molar-refractivity contribution in [1.82, 2.24) is 10.3 Å². The first-order valence-corrected chi connectivity index (χ1v) is 6.08. The monoisotopic (exact) mass is 237 g/mol. The molecule has 0 saturated carbocycles. The minimum Gasteiger partial charge on any atom is -0.397 e. The van der Waals surface area contributed by atoms with Gasteiger partial charge in [-0.15, -0.1) is 6.58 Å². The van der Waals surface area contributed by atoms with E-state index in [-0.39, 0.29) is 11.6 Å². The number of rotatable bonds is 6. The predicted octanol–water partition coefficient (Wildman–Crippen LogP) is 1.31. The molecule has 0 aromatic carbocycles. The van der Waals surface area contributed by atoms with Crippen LogP contribution in [0.3, 0.4) is 0 Å². The maximum Gasteiger partial charge on any atom is 0.272 e. The van der Waals surface area contributed by atoms with E-state index in [1.807, 2.05) is 6.08 Å². The molecule has 0 unspecified atom stereocenters. The maximum atomic E-state index is 11.6. The number of pyridine rings is 1. The van der Waals surface area contributed by atoms with E-state index in [0.29, 0.717) is 12.2 Å². The number of hydrogen-bond donors (Lipinski definition) is 2. The minimum atomic E-state index is -0.225. The van der Waals surface area contributed by atoms with E-state index >= 15 is 0 Å². The molecule has 0 aliphatic heterocycles. The first-order valence-electron chi connectivity index (χ1n) is 4.93. The van der Waals surface area contributed by atoms with Crippen LogP contribution >= 0.6 is 11.8 Å². The zero-order chi connectivity index (χ0) is 11.8. The molecule has 0 atom stereocenters. The number of amides is 1. The summed E-state index contributed by atoms with van der Waals surface area (Å²) in [4.78, 5) is 15.5. The molecule has 1 aromatic heterocycles. The van der Waals surface area contributed by atoms with Crippen LogP contribution in [0.25, 0.3) is 0 Å². The Hall–Kier alpha value is -1.49. The van der Waals surface area contributed by atoms with Crippen molar-refractivity contribution in [2.24, 2.45) is 0 Å². The van der Waals surface area contributed by atoms with E-state index in [4.69, 9.17) is 5.73 Å². The third-order valence-electron chi connectivity index (χ3n) is 1.82. The molecule has 0 bridgehead atoms. The number of thioether (sulfide) groups is 1. The van der Waals surface area contributed by atoms with Gasteiger partial charge in [0.05, 0.1) is 5.69 Å². The van der Waals surface area contributed by atoms with Crippen LogP contribution in [0.1, 0.15) is 10.5 Å². The van der Waals surface area contributed by atoms with E-state index in [1.54, 1.807) is 30.1 Å². The molecule has 0 fully saturated rings. The number of nitrogens with zero attached hydrogens (tertiary/aromatic N) is 1. The molecular weight excluding hydrogens is 222 g/mol. The number of nitrogen functional groups attached to an aromatic ring is 1. The molecule has 3 N–H and O–H groups in total. The van der Waals surface area contributed by atoms with Crippen LogP contribution in [-0.2, 0) is 0 Å². The molecule has 0 radical (unpaired) electrons. The third-order valence-corrected chi connectivity index (χ3v) is 2.79. The summed E-state index contributed by atoms with van der Waals surface area (Å²) < 4.78 is 0. The number of aromatic nitrogens is 1. The molecule has 0 saturated heterocycles. The fraction of sp³-hybridized carbons (Fsp3) is 0.273. The maximum absolute atomic E-state index is 11.6. The van der Waals surface area contributed by atoms with Gasteiger partial charge in [-0.1, -0.05) is 6.08 Å². The summed E-state index contributed by atoms with van der Waals surface area (Å²) in [6.45, 7) is 4.22. The topological polar surface area (TPSA) is 68.0 Å². The van der Waals surface area contributed by atoms with Gasteiger partial charge in [-0.05, 0) is 12.1 Å². The Kier molecular flexibility index (Phi) is 5.42. The van der Waals surface area contributed by atoms with Crippen LogP contribution in [0.5, 0.6) is 0 Å². The van der Waals surface area contributed by atoms with Gasteiger partial charge in [0, 0.05) is 24.2 Å². The Morgan fingerprint density at radius 1 is 1.69 bits per heavy atom. The van der Waals surface area contributed by atoms with Crippen molar-refractivity contribution in [1.29, 1.82) is 0 Å². The SMILES string of the molecule is C=CCSCCNC(=O)c1ncccc1N. The van der Waals surface area contributed by atoms with Gasteiger partial charge in [0.15, 0.2) is 5.69 Å².